The number of benzene rings is 2. The van der Waals surface area contributed by atoms with Gasteiger partial charge in [-0.25, -0.2) is 4.39 Å². The Hall–Kier alpha value is -2.47. The Morgan fingerprint density at radius 1 is 1.33 bits per heavy atom. The first kappa shape index (κ1) is 14.9. The van der Waals surface area contributed by atoms with Gasteiger partial charge in [-0.15, -0.1) is 0 Å². The third kappa shape index (κ3) is 3.76. The monoisotopic (exact) mass is 291 g/mol. The number of halogens is 1. The van der Waals surface area contributed by atoms with E-state index in [1.165, 1.54) is 30.3 Å². The van der Waals surface area contributed by atoms with Crippen LogP contribution in [0.4, 0.5) is 10.1 Å². The van der Waals surface area contributed by atoms with Crippen LogP contribution in [0.3, 0.4) is 0 Å². The molecule has 0 amide bonds. The lowest BCUT2D eigenvalue weighted by Crippen LogP contribution is -2.10. The maximum absolute atomic E-state index is 13.5. The Morgan fingerprint density at radius 3 is 2.81 bits per heavy atom. The Morgan fingerprint density at radius 2 is 2.10 bits per heavy atom. The SMILES string of the molecule is Cc1ccc(F)c(OCC(O)c2cccc([N+](=O)[O-])c2)c1. The number of nitrogens with zero attached hydrogens (tertiary/aromatic N) is 1. The second-order valence-electron chi connectivity index (χ2n) is 4.61. The first-order chi connectivity index (χ1) is 9.97. The highest BCUT2D eigenvalue weighted by atomic mass is 19.1. The summed E-state index contributed by atoms with van der Waals surface area (Å²) in [7, 11) is 0. The van der Waals surface area contributed by atoms with Gasteiger partial charge in [0.25, 0.3) is 5.69 Å². The second-order valence-corrected chi connectivity index (χ2v) is 4.61. The van der Waals surface area contributed by atoms with Crippen molar-refractivity contribution in [3.8, 4) is 5.75 Å². The lowest BCUT2D eigenvalue weighted by molar-refractivity contribution is -0.385. The first-order valence-corrected chi connectivity index (χ1v) is 6.29. The van der Waals surface area contributed by atoms with Crippen LogP contribution >= 0.6 is 0 Å². The quantitative estimate of drug-likeness (QED) is 0.678. The molecule has 0 radical (unpaired) electrons. The number of ether oxygens (including phenoxy) is 1. The van der Waals surface area contributed by atoms with Gasteiger partial charge in [0.15, 0.2) is 11.6 Å². The molecule has 21 heavy (non-hydrogen) atoms. The summed E-state index contributed by atoms with van der Waals surface area (Å²) in [6, 6.07) is 10.0. The minimum absolute atomic E-state index is 0.0412. The summed E-state index contributed by atoms with van der Waals surface area (Å²) in [5.74, 6) is -0.480. The Kier molecular flexibility index (Phi) is 4.49. The molecule has 0 aliphatic heterocycles. The van der Waals surface area contributed by atoms with E-state index in [1.54, 1.807) is 19.1 Å². The van der Waals surface area contributed by atoms with E-state index in [1.807, 2.05) is 0 Å². The number of hydrogen-bond acceptors (Lipinski definition) is 4. The molecule has 0 saturated heterocycles. The predicted molar refractivity (Wildman–Crippen MR) is 74.7 cm³/mol. The van der Waals surface area contributed by atoms with Crippen LogP contribution in [-0.4, -0.2) is 16.6 Å². The Balaban J connectivity index is 2.08. The van der Waals surface area contributed by atoms with E-state index in [2.05, 4.69) is 0 Å². The molecule has 2 aromatic carbocycles. The molecule has 2 aromatic rings. The molecule has 1 N–H and O–H groups in total. The van der Waals surface area contributed by atoms with E-state index in [4.69, 9.17) is 4.74 Å². The number of aryl methyl sites for hydroxylation is 1. The molecule has 0 heterocycles. The van der Waals surface area contributed by atoms with Gasteiger partial charge in [0.1, 0.15) is 12.7 Å². The molecule has 110 valence electrons. The predicted octanol–water partition coefficient (Wildman–Crippen LogP) is 3.15. The molecule has 0 aromatic heterocycles. The summed E-state index contributed by atoms with van der Waals surface area (Å²) >= 11 is 0. The topological polar surface area (TPSA) is 72.6 Å². The van der Waals surface area contributed by atoms with Crippen molar-refractivity contribution in [1.29, 1.82) is 0 Å². The fourth-order valence-corrected chi connectivity index (χ4v) is 1.83. The highest BCUT2D eigenvalue weighted by molar-refractivity contribution is 5.35. The maximum atomic E-state index is 13.5. The Labute approximate surface area is 120 Å². The van der Waals surface area contributed by atoms with E-state index in [9.17, 15) is 19.6 Å². The van der Waals surface area contributed by atoms with Crippen molar-refractivity contribution in [3.63, 3.8) is 0 Å². The third-order valence-electron chi connectivity index (χ3n) is 2.95. The van der Waals surface area contributed by atoms with E-state index in [-0.39, 0.29) is 18.0 Å². The van der Waals surface area contributed by atoms with Crippen LogP contribution in [0.25, 0.3) is 0 Å². The zero-order valence-corrected chi connectivity index (χ0v) is 11.3. The summed E-state index contributed by atoms with van der Waals surface area (Å²) in [5, 5.41) is 20.7. The maximum Gasteiger partial charge on any atom is 0.269 e. The standard InChI is InChI=1S/C15H14FNO4/c1-10-5-6-13(16)15(7-10)21-9-14(18)11-3-2-4-12(8-11)17(19)20/h2-8,14,18H,9H2,1H3. The highest BCUT2D eigenvalue weighted by Gasteiger charge is 2.14. The average Bonchev–Trinajstić information content (AvgIpc) is 2.48. The van der Waals surface area contributed by atoms with Crippen molar-refractivity contribution < 1.29 is 19.2 Å². The van der Waals surface area contributed by atoms with Gasteiger partial charge in [0, 0.05) is 12.1 Å². The summed E-state index contributed by atoms with van der Waals surface area (Å²) in [6.07, 6.45) is -1.08. The molecule has 0 spiro atoms. The van der Waals surface area contributed by atoms with E-state index < -0.39 is 16.8 Å². The summed E-state index contributed by atoms with van der Waals surface area (Å²) in [5.41, 5.74) is 1.06. The number of non-ortho nitro benzene ring substituents is 1. The number of hydrogen-bond donors (Lipinski definition) is 1. The van der Waals surface area contributed by atoms with Crippen LogP contribution in [0.15, 0.2) is 42.5 Å². The molecular formula is C15H14FNO4. The van der Waals surface area contributed by atoms with Gasteiger partial charge < -0.3 is 9.84 Å². The van der Waals surface area contributed by atoms with Gasteiger partial charge in [0.2, 0.25) is 0 Å². The summed E-state index contributed by atoms with van der Waals surface area (Å²) in [4.78, 5) is 10.1. The van der Waals surface area contributed by atoms with Crippen molar-refractivity contribution in [2.24, 2.45) is 0 Å². The molecule has 0 fully saturated rings. The zero-order chi connectivity index (χ0) is 15.4. The third-order valence-corrected chi connectivity index (χ3v) is 2.95. The van der Waals surface area contributed by atoms with E-state index in [0.717, 1.165) is 5.56 Å². The normalized spacial score (nSPS) is 12.0. The van der Waals surface area contributed by atoms with Gasteiger partial charge in [-0.1, -0.05) is 18.2 Å². The fraction of sp³-hybridized carbons (Fsp3) is 0.200. The van der Waals surface area contributed by atoms with Crippen molar-refractivity contribution in [2.75, 3.05) is 6.61 Å². The largest absolute Gasteiger partial charge is 0.487 e. The Bertz CT molecular complexity index is 660. The van der Waals surface area contributed by atoms with Crippen LogP contribution in [0.1, 0.15) is 17.2 Å². The number of aliphatic hydroxyl groups excluding tert-OH is 1. The van der Waals surface area contributed by atoms with Gasteiger partial charge in [-0.05, 0) is 30.2 Å². The van der Waals surface area contributed by atoms with Crippen molar-refractivity contribution in [1.82, 2.24) is 0 Å². The molecule has 5 nitrogen and oxygen atoms in total. The highest BCUT2D eigenvalue weighted by Crippen LogP contribution is 2.22. The first-order valence-electron chi connectivity index (χ1n) is 6.29. The minimum atomic E-state index is -1.08. The minimum Gasteiger partial charge on any atom is -0.487 e. The molecule has 1 unspecified atom stereocenters. The second kappa shape index (κ2) is 6.32. The number of rotatable bonds is 5. The molecule has 2 rings (SSSR count). The van der Waals surface area contributed by atoms with Crippen molar-refractivity contribution in [2.45, 2.75) is 13.0 Å². The molecule has 0 aliphatic carbocycles. The molecule has 0 bridgehead atoms. The number of nitro benzene ring substituents is 1. The van der Waals surface area contributed by atoms with Gasteiger partial charge in [0.05, 0.1) is 4.92 Å². The van der Waals surface area contributed by atoms with Gasteiger partial charge in [-0.3, -0.25) is 10.1 Å². The molecule has 0 saturated carbocycles. The lowest BCUT2D eigenvalue weighted by atomic mass is 10.1. The van der Waals surface area contributed by atoms with E-state index >= 15 is 0 Å². The fourth-order valence-electron chi connectivity index (χ4n) is 1.83. The van der Waals surface area contributed by atoms with Crippen LogP contribution in [0.2, 0.25) is 0 Å². The zero-order valence-electron chi connectivity index (χ0n) is 11.3. The lowest BCUT2D eigenvalue weighted by Gasteiger charge is -2.13. The van der Waals surface area contributed by atoms with Crippen LogP contribution in [0, 0.1) is 22.9 Å². The molecule has 0 aliphatic rings. The van der Waals surface area contributed by atoms with Crippen LogP contribution in [-0.2, 0) is 0 Å². The molecule has 6 heteroatoms. The van der Waals surface area contributed by atoms with E-state index in [0.29, 0.717) is 5.56 Å². The summed E-state index contributed by atoms with van der Waals surface area (Å²) < 4.78 is 18.7. The number of nitro groups is 1. The molecule has 1 atom stereocenters. The van der Waals surface area contributed by atoms with Crippen molar-refractivity contribution in [3.05, 3.63) is 69.5 Å². The molecular weight excluding hydrogens is 277 g/mol. The average molecular weight is 291 g/mol. The van der Waals surface area contributed by atoms with Crippen LogP contribution in [0.5, 0.6) is 5.75 Å². The van der Waals surface area contributed by atoms with Gasteiger partial charge >= 0.3 is 0 Å². The summed E-state index contributed by atoms with van der Waals surface area (Å²) in [6.45, 7) is 1.60. The van der Waals surface area contributed by atoms with Crippen molar-refractivity contribution >= 4 is 5.69 Å². The van der Waals surface area contributed by atoms with Crippen LogP contribution < -0.4 is 4.74 Å². The number of aliphatic hydroxyl groups is 1. The smallest absolute Gasteiger partial charge is 0.269 e. The van der Waals surface area contributed by atoms with Gasteiger partial charge in [-0.2, -0.15) is 0 Å².